The summed E-state index contributed by atoms with van der Waals surface area (Å²) in [5, 5.41) is 10.0. The number of rotatable bonds is 1. The molecular formula is C23H21ClO5. The molecule has 2 aromatic rings. The number of hydrogen-bond donors (Lipinski definition) is 1. The first kappa shape index (κ1) is 18.5. The average molecular weight is 413 g/mol. The van der Waals surface area contributed by atoms with E-state index in [1.807, 2.05) is 0 Å². The van der Waals surface area contributed by atoms with Gasteiger partial charge in [-0.05, 0) is 55.5 Å². The Hall–Kier alpha value is -2.53. The quantitative estimate of drug-likeness (QED) is 0.517. The van der Waals surface area contributed by atoms with Crippen LogP contribution >= 0.6 is 11.6 Å². The normalized spacial score (nSPS) is 22.4. The molecule has 1 fully saturated rings. The Morgan fingerprint density at radius 2 is 1.86 bits per heavy atom. The maximum Gasteiger partial charge on any atom is 0.312 e. The largest absolute Gasteiger partial charge is 0.506 e. The van der Waals surface area contributed by atoms with Crippen molar-refractivity contribution in [3.8, 4) is 17.2 Å². The Morgan fingerprint density at radius 1 is 1.07 bits per heavy atom. The fourth-order valence-corrected chi connectivity index (χ4v) is 5.09. The number of Topliss-reactive ketones (excluding diaryl/α,β-unsaturated/α-hetero) is 1. The minimum absolute atomic E-state index is 0.0169. The number of benzene rings is 2. The van der Waals surface area contributed by atoms with Crippen molar-refractivity contribution in [2.45, 2.75) is 56.5 Å². The molecule has 1 spiro atoms. The SMILES string of the molecule is O=C1C[C@H](c2ccc(O)c(Cl)c2)c2c(ccc3c2OC2(CCCCC2)CC3=O)O1. The van der Waals surface area contributed by atoms with E-state index in [0.717, 1.165) is 43.2 Å². The molecule has 1 atom stereocenters. The zero-order valence-corrected chi connectivity index (χ0v) is 16.6. The summed E-state index contributed by atoms with van der Waals surface area (Å²) < 4.78 is 12.1. The van der Waals surface area contributed by atoms with E-state index in [9.17, 15) is 14.7 Å². The van der Waals surface area contributed by atoms with Gasteiger partial charge >= 0.3 is 5.97 Å². The van der Waals surface area contributed by atoms with Gasteiger partial charge in [-0.15, -0.1) is 0 Å². The minimum Gasteiger partial charge on any atom is -0.506 e. The number of phenolic OH excluding ortho intramolecular Hbond substituents is 1. The first-order valence-electron chi connectivity index (χ1n) is 10.0. The Bertz CT molecular complexity index is 1020. The molecule has 0 amide bonds. The molecule has 5 rings (SSSR count). The van der Waals surface area contributed by atoms with Gasteiger partial charge in [-0.25, -0.2) is 0 Å². The Balaban J connectivity index is 1.67. The highest BCUT2D eigenvalue weighted by molar-refractivity contribution is 6.32. The topological polar surface area (TPSA) is 72.8 Å². The van der Waals surface area contributed by atoms with Crippen molar-refractivity contribution < 1.29 is 24.2 Å². The van der Waals surface area contributed by atoms with Crippen molar-refractivity contribution in [1.82, 2.24) is 0 Å². The van der Waals surface area contributed by atoms with E-state index in [-0.39, 0.29) is 34.9 Å². The number of phenols is 1. The first-order chi connectivity index (χ1) is 14.0. The number of carbonyl (C=O) groups is 2. The number of halogens is 1. The molecule has 150 valence electrons. The number of ether oxygens (including phenoxy) is 2. The van der Waals surface area contributed by atoms with Gasteiger partial charge in [-0.2, -0.15) is 0 Å². The highest BCUT2D eigenvalue weighted by Crippen LogP contribution is 2.51. The lowest BCUT2D eigenvalue weighted by molar-refractivity contribution is -0.135. The molecule has 29 heavy (non-hydrogen) atoms. The number of fused-ring (bicyclic) bond motifs is 3. The van der Waals surface area contributed by atoms with E-state index >= 15 is 0 Å². The van der Waals surface area contributed by atoms with Crippen molar-refractivity contribution in [3.63, 3.8) is 0 Å². The number of hydrogen-bond acceptors (Lipinski definition) is 5. The second-order valence-electron chi connectivity index (χ2n) is 8.24. The van der Waals surface area contributed by atoms with Crippen molar-refractivity contribution in [2.75, 3.05) is 0 Å². The highest BCUT2D eigenvalue weighted by atomic mass is 35.5. The van der Waals surface area contributed by atoms with Crippen LogP contribution in [0.5, 0.6) is 17.2 Å². The van der Waals surface area contributed by atoms with E-state index < -0.39 is 5.60 Å². The Labute approximate surface area is 173 Å². The van der Waals surface area contributed by atoms with Gasteiger partial charge in [0.15, 0.2) is 5.78 Å². The fraction of sp³-hybridized carbons (Fsp3) is 0.391. The van der Waals surface area contributed by atoms with E-state index in [1.54, 1.807) is 24.3 Å². The lowest BCUT2D eigenvalue weighted by Gasteiger charge is -2.42. The van der Waals surface area contributed by atoms with Crippen molar-refractivity contribution in [2.24, 2.45) is 0 Å². The molecule has 6 heteroatoms. The van der Waals surface area contributed by atoms with Crippen molar-refractivity contribution in [1.29, 1.82) is 0 Å². The lowest BCUT2D eigenvalue weighted by atomic mass is 9.76. The smallest absolute Gasteiger partial charge is 0.312 e. The van der Waals surface area contributed by atoms with Crippen LogP contribution in [-0.2, 0) is 4.79 Å². The summed E-state index contributed by atoms with van der Waals surface area (Å²) in [4.78, 5) is 25.3. The van der Waals surface area contributed by atoms with Crippen LogP contribution in [-0.4, -0.2) is 22.5 Å². The molecule has 0 saturated heterocycles. The van der Waals surface area contributed by atoms with E-state index in [0.29, 0.717) is 23.5 Å². The third-order valence-corrected chi connectivity index (χ3v) is 6.64. The first-order valence-corrected chi connectivity index (χ1v) is 10.4. The van der Waals surface area contributed by atoms with E-state index in [4.69, 9.17) is 21.1 Å². The summed E-state index contributed by atoms with van der Waals surface area (Å²) in [7, 11) is 0. The summed E-state index contributed by atoms with van der Waals surface area (Å²) in [6.45, 7) is 0. The number of carbonyl (C=O) groups excluding carboxylic acids is 2. The van der Waals surface area contributed by atoms with Crippen LogP contribution in [0.1, 0.15) is 72.3 Å². The lowest BCUT2D eigenvalue weighted by Crippen LogP contribution is -2.44. The van der Waals surface area contributed by atoms with E-state index in [2.05, 4.69) is 0 Å². The molecule has 1 aliphatic carbocycles. The van der Waals surface area contributed by atoms with Crippen LogP contribution < -0.4 is 9.47 Å². The highest BCUT2D eigenvalue weighted by Gasteiger charge is 2.44. The van der Waals surface area contributed by atoms with Gasteiger partial charge in [0.05, 0.1) is 23.4 Å². The number of aromatic hydroxyl groups is 1. The summed E-state index contributed by atoms with van der Waals surface area (Å²) in [6, 6.07) is 8.30. The third kappa shape index (κ3) is 3.08. The fourth-order valence-electron chi connectivity index (χ4n) is 4.90. The van der Waals surface area contributed by atoms with Gasteiger partial charge < -0.3 is 14.6 Å². The van der Waals surface area contributed by atoms with Crippen molar-refractivity contribution in [3.05, 3.63) is 52.0 Å². The van der Waals surface area contributed by atoms with Crippen molar-refractivity contribution >= 4 is 23.4 Å². The van der Waals surface area contributed by atoms with Gasteiger partial charge in [-0.1, -0.05) is 24.1 Å². The maximum atomic E-state index is 13.0. The maximum absolute atomic E-state index is 13.0. The number of ketones is 1. The predicted octanol–water partition coefficient (Wildman–Crippen LogP) is 5.15. The molecule has 2 aromatic carbocycles. The van der Waals surface area contributed by atoms with Crippen LogP contribution in [0.3, 0.4) is 0 Å². The Morgan fingerprint density at radius 3 is 2.62 bits per heavy atom. The molecule has 0 bridgehead atoms. The average Bonchev–Trinajstić information content (AvgIpc) is 2.69. The monoisotopic (exact) mass is 412 g/mol. The molecule has 2 heterocycles. The summed E-state index contributed by atoms with van der Waals surface area (Å²) >= 11 is 6.13. The van der Waals surface area contributed by atoms with Crippen LogP contribution in [0.2, 0.25) is 5.02 Å². The van der Waals surface area contributed by atoms with Gasteiger partial charge in [0.2, 0.25) is 0 Å². The van der Waals surface area contributed by atoms with E-state index in [1.165, 1.54) is 6.07 Å². The van der Waals surface area contributed by atoms with Crippen LogP contribution in [0.25, 0.3) is 0 Å². The van der Waals surface area contributed by atoms with Crippen LogP contribution in [0.15, 0.2) is 30.3 Å². The molecule has 1 saturated carbocycles. The summed E-state index contributed by atoms with van der Waals surface area (Å²) in [5.41, 5.74) is 1.59. The van der Waals surface area contributed by atoms with Gasteiger partial charge in [0, 0.05) is 11.5 Å². The van der Waals surface area contributed by atoms with Crippen LogP contribution in [0, 0.1) is 0 Å². The molecule has 2 aliphatic heterocycles. The zero-order chi connectivity index (χ0) is 20.2. The summed E-state index contributed by atoms with van der Waals surface area (Å²) in [6.07, 6.45) is 5.48. The minimum atomic E-state index is -0.462. The molecule has 0 unspecified atom stereocenters. The standard InChI is InChI=1S/C23H21ClO5/c24-16-10-13(4-6-17(16)25)15-11-20(27)28-19-7-5-14-18(26)12-23(8-2-1-3-9-23)29-22(14)21(15)19/h4-7,10,15,25H,1-3,8-9,11-12H2/t15-/m1/s1. The van der Waals surface area contributed by atoms with Gasteiger partial charge in [0.1, 0.15) is 22.8 Å². The third-order valence-electron chi connectivity index (χ3n) is 6.34. The summed E-state index contributed by atoms with van der Waals surface area (Å²) in [5.74, 6) is 0.330. The molecule has 0 radical (unpaired) electrons. The second kappa shape index (κ2) is 6.77. The molecule has 5 nitrogen and oxygen atoms in total. The van der Waals surface area contributed by atoms with Gasteiger partial charge in [-0.3, -0.25) is 9.59 Å². The zero-order valence-electron chi connectivity index (χ0n) is 15.9. The number of esters is 1. The van der Waals surface area contributed by atoms with Crippen LogP contribution in [0.4, 0.5) is 0 Å². The predicted molar refractivity (Wildman–Crippen MR) is 107 cm³/mol. The molecular weight excluding hydrogens is 392 g/mol. The molecule has 0 aromatic heterocycles. The molecule has 3 aliphatic rings. The Kier molecular flexibility index (Phi) is 4.32. The van der Waals surface area contributed by atoms with Gasteiger partial charge in [0.25, 0.3) is 0 Å². The second-order valence-corrected chi connectivity index (χ2v) is 8.65. The molecule has 1 N–H and O–H groups in total.